The summed E-state index contributed by atoms with van der Waals surface area (Å²) in [5, 5.41) is 8.78. The molecule has 0 aliphatic rings. The van der Waals surface area contributed by atoms with Gasteiger partial charge < -0.3 is 5.32 Å². The number of nitrogens with one attached hydrogen (secondary N) is 1. The van der Waals surface area contributed by atoms with Gasteiger partial charge in [0, 0.05) is 34.2 Å². The Kier molecular flexibility index (Phi) is 4.74. The SMILES string of the molecule is CC(C)CNc1cc(C(C)(C)C)nc2c(-c3ccccc3Cl)cnn12. The molecule has 25 heavy (non-hydrogen) atoms. The van der Waals surface area contributed by atoms with Crippen molar-refractivity contribution in [2.75, 3.05) is 11.9 Å². The van der Waals surface area contributed by atoms with Gasteiger partial charge in [0.15, 0.2) is 5.65 Å². The smallest absolute Gasteiger partial charge is 0.165 e. The lowest BCUT2D eigenvalue weighted by atomic mass is 9.92. The number of hydrogen-bond donors (Lipinski definition) is 1. The normalized spacial score (nSPS) is 12.1. The van der Waals surface area contributed by atoms with Crippen molar-refractivity contribution in [1.82, 2.24) is 14.6 Å². The first-order valence-electron chi connectivity index (χ1n) is 8.65. The van der Waals surface area contributed by atoms with Crippen LogP contribution in [0.25, 0.3) is 16.8 Å². The van der Waals surface area contributed by atoms with Crippen molar-refractivity contribution in [2.45, 2.75) is 40.0 Å². The second kappa shape index (κ2) is 6.68. The largest absolute Gasteiger partial charge is 0.370 e. The molecular formula is C20H25ClN4. The standard InChI is InChI=1S/C20H25ClN4/c1-13(2)11-22-18-10-17(20(3,4)5)24-19-15(12-23-25(18)19)14-8-6-7-9-16(14)21/h6-10,12-13,22H,11H2,1-5H3. The van der Waals surface area contributed by atoms with Gasteiger partial charge in [0.05, 0.1) is 11.9 Å². The third kappa shape index (κ3) is 3.64. The van der Waals surface area contributed by atoms with Gasteiger partial charge in [-0.3, -0.25) is 0 Å². The van der Waals surface area contributed by atoms with E-state index in [0.29, 0.717) is 10.9 Å². The Balaban J connectivity index is 2.22. The summed E-state index contributed by atoms with van der Waals surface area (Å²) in [5.74, 6) is 1.50. The molecule has 0 aliphatic carbocycles. The summed E-state index contributed by atoms with van der Waals surface area (Å²) in [4.78, 5) is 4.91. The Bertz CT molecular complexity index is 890. The fourth-order valence-corrected chi connectivity index (χ4v) is 2.89. The molecule has 0 saturated carbocycles. The topological polar surface area (TPSA) is 42.2 Å². The fraction of sp³-hybridized carbons (Fsp3) is 0.400. The van der Waals surface area contributed by atoms with Crippen LogP contribution in [0.4, 0.5) is 5.82 Å². The summed E-state index contributed by atoms with van der Waals surface area (Å²) in [6.07, 6.45) is 1.84. The molecule has 0 radical (unpaired) electrons. The number of anilines is 1. The van der Waals surface area contributed by atoms with Crippen LogP contribution in [0.3, 0.4) is 0 Å². The minimum atomic E-state index is -0.0575. The summed E-state index contributed by atoms with van der Waals surface area (Å²) in [6, 6.07) is 9.91. The third-order valence-corrected chi connectivity index (χ3v) is 4.43. The summed E-state index contributed by atoms with van der Waals surface area (Å²) in [5.41, 5.74) is 3.70. The van der Waals surface area contributed by atoms with E-state index in [0.717, 1.165) is 34.8 Å². The average Bonchev–Trinajstić information content (AvgIpc) is 2.96. The van der Waals surface area contributed by atoms with E-state index in [4.69, 9.17) is 16.6 Å². The highest BCUT2D eigenvalue weighted by molar-refractivity contribution is 6.33. The van der Waals surface area contributed by atoms with Gasteiger partial charge in [0.1, 0.15) is 5.82 Å². The van der Waals surface area contributed by atoms with E-state index in [9.17, 15) is 0 Å². The number of rotatable bonds is 4. The van der Waals surface area contributed by atoms with Crippen molar-refractivity contribution in [3.05, 3.63) is 47.2 Å². The van der Waals surface area contributed by atoms with Crippen LogP contribution in [-0.2, 0) is 5.41 Å². The summed E-state index contributed by atoms with van der Waals surface area (Å²) < 4.78 is 1.87. The van der Waals surface area contributed by atoms with Crippen LogP contribution in [0.1, 0.15) is 40.3 Å². The Hall–Kier alpha value is -2.07. The highest BCUT2D eigenvalue weighted by Crippen LogP contribution is 2.33. The zero-order chi connectivity index (χ0) is 18.2. The van der Waals surface area contributed by atoms with Crippen LogP contribution < -0.4 is 5.32 Å². The van der Waals surface area contributed by atoms with E-state index in [2.05, 4.69) is 51.1 Å². The average molecular weight is 357 g/mol. The van der Waals surface area contributed by atoms with Crippen LogP contribution in [0.5, 0.6) is 0 Å². The maximum Gasteiger partial charge on any atom is 0.165 e. The highest BCUT2D eigenvalue weighted by atomic mass is 35.5. The second-order valence-corrected chi connectivity index (χ2v) is 8.23. The maximum atomic E-state index is 6.41. The molecule has 3 rings (SSSR count). The minimum absolute atomic E-state index is 0.0575. The molecule has 0 saturated heterocycles. The molecule has 3 aromatic rings. The molecule has 4 nitrogen and oxygen atoms in total. The minimum Gasteiger partial charge on any atom is -0.370 e. The number of nitrogens with zero attached hydrogens (tertiary/aromatic N) is 3. The van der Waals surface area contributed by atoms with E-state index in [1.165, 1.54) is 0 Å². The summed E-state index contributed by atoms with van der Waals surface area (Å²) >= 11 is 6.41. The molecule has 0 unspecified atom stereocenters. The zero-order valence-corrected chi connectivity index (χ0v) is 16.2. The van der Waals surface area contributed by atoms with E-state index >= 15 is 0 Å². The van der Waals surface area contributed by atoms with Crippen molar-refractivity contribution in [2.24, 2.45) is 5.92 Å². The van der Waals surface area contributed by atoms with Crippen LogP contribution in [0.2, 0.25) is 5.02 Å². The first-order chi connectivity index (χ1) is 11.8. The highest BCUT2D eigenvalue weighted by Gasteiger charge is 2.21. The predicted octanol–water partition coefficient (Wildman–Crippen LogP) is 5.42. The van der Waals surface area contributed by atoms with Crippen molar-refractivity contribution < 1.29 is 0 Å². The molecule has 0 amide bonds. The van der Waals surface area contributed by atoms with E-state index in [-0.39, 0.29) is 5.41 Å². The molecule has 0 aliphatic heterocycles. The molecule has 0 bridgehead atoms. The lowest BCUT2D eigenvalue weighted by Crippen LogP contribution is -2.18. The third-order valence-electron chi connectivity index (χ3n) is 4.10. The lowest BCUT2D eigenvalue weighted by molar-refractivity contribution is 0.568. The molecule has 132 valence electrons. The number of halogens is 1. The van der Waals surface area contributed by atoms with Crippen molar-refractivity contribution in [3.63, 3.8) is 0 Å². The van der Waals surface area contributed by atoms with Gasteiger partial charge in [0.25, 0.3) is 0 Å². The Morgan fingerprint density at radius 3 is 2.52 bits per heavy atom. The van der Waals surface area contributed by atoms with Crippen LogP contribution >= 0.6 is 11.6 Å². The molecular weight excluding hydrogens is 332 g/mol. The molecule has 1 N–H and O–H groups in total. The van der Waals surface area contributed by atoms with Crippen LogP contribution in [0, 0.1) is 5.92 Å². The predicted molar refractivity (Wildman–Crippen MR) is 105 cm³/mol. The summed E-state index contributed by atoms with van der Waals surface area (Å²) in [6.45, 7) is 11.8. The van der Waals surface area contributed by atoms with E-state index < -0.39 is 0 Å². The molecule has 0 fully saturated rings. The van der Waals surface area contributed by atoms with Gasteiger partial charge in [-0.05, 0) is 12.0 Å². The maximum absolute atomic E-state index is 6.41. The van der Waals surface area contributed by atoms with Gasteiger partial charge >= 0.3 is 0 Å². The van der Waals surface area contributed by atoms with Gasteiger partial charge in [-0.2, -0.15) is 9.61 Å². The van der Waals surface area contributed by atoms with E-state index in [1.807, 2.05) is 35.0 Å². The molecule has 2 heterocycles. The van der Waals surface area contributed by atoms with Crippen LogP contribution in [-0.4, -0.2) is 21.1 Å². The number of hydrogen-bond acceptors (Lipinski definition) is 3. The number of benzene rings is 1. The van der Waals surface area contributed by atoms with Crippen molar-refractivity contribution >= 4 is 23.1 Å². The molecule has 1 aromatic carbocycles. The van der Waals surface area contributed by atoms with Gasteiger partial charge in [-0.1, -0.05) is 64.4 Å². The Morgan fingerprint density at radius 2 is 1.88 bits per heavy atom. The molecule has 0 spiro atoms. The Morgan fingerprint density at radius 1 is 1.16 bits per heavy atom. The number of aromatic nitrogens is 3. The van der Waals surface area contributed by atoms with E-state index in [1.54, 1.807) is 0 Å². The molecule has 5 heteroatoms. The quantitative estimate of drug-likeness (QED) is 0.679. The van der Waals surface area contributed by atoms with Gasteiger partial charge in [-0.25, -0.2) is 4.98 Å². The Labute approximate surface area is 154 Å². The second-order valence-electron chi connectivity index (χ2n) is 7.82. The lowest BCUT2D eigenvalue weighted by Gasteiger charge is -2.20. The molecule has 0 atom stereocenters. The first-order valence-corrected chi connectivity index (χ1v) is 9.03. The van der Waals surface area contributed by atoms with Crippen molar-refractivity contribution in [1.29, 1.82) is 0 Å². The molecule has 2 aromatic heterocycles. The monoisotopic (exact) mass is 356 g/mol. The van der Waals surface area contributed by atoms with Gasteiger partial charge in [-0.15, -0.1) is 0 Å². The fourth-order valence-electron chi connectivity index (χ4n) is 2.65. The summed E-state index contributed by atoms with van der Waals surface area (Å²) in [7, 11) is 0. The zero-order valence-electron chi connectivity index (χ0n) is 15.5. The van der Waals surface area contributed by atoms with Gasteiger partial charge in [0.2, 0.25) is 0 Å². The van der Waals surface area contributed by atoms with Crippen LogP contribution in [0.15, 0.2) is 36.5 Å². The number of fused-ring (bicyclic) bond motifs is 1. The first kappa shape index (κ1) is 17.7. The van der Waals surface area contributed by atoms with Crippen molar-refractivity contribution in [3.8, 4) is 11.1 Å².